The SMILES string of the molecule is O=C(CC(C(=O)O)C1CCS(=O)(=O)C1)NCCO. The smallest absolute Gasteiger partial charge is 0.307 e. The van der Waals surface area contributed by atoms with Crippen LogP contribution in [0, 0.1) is 11.8 Å². The van der Waals surface area contributed by atoms with Gasteiger partial charge in [0.05, 0.1) is 24.0 Å². The van der Waals surface area contributed by atoms with E-state index in [1.54, 1.807) is 0 Å². The lowest BCUT2D eigenvalue weighted by Crippen LogP contribution is -2.33. The van der Waals surface area contributed by atoms with Crippen LogP contribution in [0.1, 0.15) is 12.8 Å². The summed E-state index contributed by atoms with van der Waals surface area (Å²) in [6, 6.07) is 0. The van der Waals surface area contributed by atoms with Crippen LogP contribution in [0.2, 0.25) is 0 Å². The zero-order valence-electron chi connectivity index (χ0n) is 9.83. The van der Waals surface area contributed by atoms with E-state index in [1.807, 2.05) is 0 Å². The summed E-state index contributed by atoms with van der Waals surface area (Å²) in [5.41, 5.74) is 0. The van der Waals surface area contributed by atoms with Crippen LogP contribution >= 0.6 is 0 Å². The van der Waals surface area contributed by atoms with Gasteiger partial charge in [0, 0.05) is 13.0 Å². The van der Waals surface area contributed by atoms with E-state index in [1.165, 1.54) is 0 Å². The number of sulfone groups is 1. The molecule has 0 radical (unpaired) electrons. The van der Waals surface area contributed by atoms with Crippen molar-refractivity contribution in [1.29, 1.82) is 0 Å². The van der Waals surface area contributed by atoms with Gasteiger partial charge in [0.15, 0.2) is 9.84 Å². The summed E-state index contributed by atoms with van der Waals surface area (Å²) >= 11 is 0. The first-order valence-electron chi connectivity index (χ1n) is 5.66. The highest BCUT2D eigenvalue weighted by Crippen LogP contribution is 2.28. The molecule has 3 N–H and O–H groups in total. The van der Waals surface area contributed by atoms with E-state index in [4.69, 9.17) is 10.2 Å². The van der Waals surface area contributed by atoms with Crippen LogP contribution in [0.5, 0.6) is 0 Å². The zero-order chi connectivity index (χ0) is 13.8. The Kier molecular flexibility index (Phi) is 5.09. The normalized spacial score (nSPS) is 23.5. The second-order valence-corrected chi connectivity index (χ2v) is 6.61. The summed E-state index contributed by atoms with van der Waals surface area (Å²) in [5, 5.41) is 19.9. The number of rotatable bonds is 6. The van der Waals surface area contributed by atoms with Crippen molar-refractivity contribution >= 4 is 21.7 Å². The molecule has 0 bridgehead atoms. The average molecular weight is 279 g/mol. The van der Waals surface area contributed by atoms with E-state index in [-0.39, 0.29) is 37.5 Å². The highest BCUT2D eigenvalue weighted by Gasteiger charge is 2.38. The van der Waals surface area contributed by atoms with Crippen LogP contribution in [0.15, 0.2) is 0 Å². The third-order valence-electron chi connectivity index (χ3n) is 2.99. The number of carbonyl (C=O) groups excluding carboxylic acids is 1. The maximum atomic E-state index is 11.4. The Morgan fingerprint density at radius 2 is 2.06 bits per heavy atom. The molecule has 2 atom stereocenters. The molecule has 104 valence electrons. The number of carbonyl (C=O) groups is 2. The van der Waals surface area contributed by atoms with Gasteiger partial charge in [-0.2, -0.15) is 0 Å². The number of carboxylic acid groups (broad SMARTS) is 1. The van der Waals surface area contributed by atoms with E-state index in [2.05, 4.69) is 5.32 Å². The van der Waals surface area contributed by atoms with Gasteiger partial charge in [0.2, 0.25) is 5.91 Å². The first kappa shape index (κ1) is 14.9. The molecule has 0 aliphatic carbocycles. The summed E-state index contributed by atoms with van der Waals surface area (Å²) in [6.07, 6.45) is 0.0299. The van der Waals surface area contributed by atoms with Crippen molar-refractivity contribution in [1.82, 2.24) is 5.32 Å². The molecule has 18 heavy (non-hydrogen) atoms. The maximum Gasteiger partial charge on any atom is 0.307 e. The fraction of sp³-hybridized carbons (Fsp3) is 0.800. The van der Waals surface area contributed by atoms with Gasteiger partial charge in [-0.3, -0.25) is 9.59 Å². The minimum atomic E-state index is -3.16. The number of hydrogen-bond donors (Lipinski definition) is 3. The van der Waals surface area contributed by atoms with Crippen molar-refractivity contribution in [2.45, 2.75) is 12.8 Å². The van der Waals surface area contributed by atoms with Gasteiger partial charge in [-0.25, -0.2) is 8.42 Å². The largest absolute Gasteiger partial charge is 0.481 e. The number of amides is 1. The molecule has 2 unspecified atom stereocenters. The highest BCUT2D eigenvalue weighted by atomic mass is 32.2. The summed E-state index contributed by atoms with van der Waals surface area (Å²) in [4.78, 5) is 22.5. The minimum absolute atomic E-state index is 0.0142. The topological polar surface area (TPSA) is 121 Å². The van der Waals surface area contributed by atoms with Gasteiger partial charge < -0.3 is 15.5 Å². The molecule has 8 heteroatoms. The van der Waals surface area contributed by atoms with Crippen molar-refractivity contribution in [3.63, 3.8) is 0 Å². The van der Waals surface area contributed by atoms with Crippen LogP contribution in [0.25, 0.3) is 0 Å². The molecule has 1 amide bonds. The molecule has 0 aromatic carbocycles. The fourth-order valence-electron chi connectivity index (χ4n) is 2.06. The molecule has 0 aromatic heterocycles. The Morgan fingerprint density at radius 3 is 2.50 bits per heavy atom. The monoisotopic (exact) mass is 279 g/mol. The second-order valence-electron chi connectivity index (χ2n) is 4.39. The van der Waals surface area contributed by atoms with Crippen LogP contribution in [-0.4, -0.2) is 55.2 Å². The molecule has 1 aliphatic heterocycles. The molecule has 1 heterocycles. The van der Waals surface area contributed by atoms with Gasteiger partial charge in [-0.05, 0) is 12.3 Å². The Hall–Kier alpha value is -1.15. The van der Waals surface area contributed by atoms with Gasteiger partial charge in [0.1, 0.15) is 0 Å². The molecule has 0 spiro atoms. The van der Waals surface area contributed by atoms with E-state index in [0.29, 0.717) is 0 Å². The van der Waals surface area contributed by atoms with Crippen molar-refractivity contribution in [2.24, 2.45) is 11.8 Å². The number of nitrogens with one attached hydrogen (secondary N) is 1. The fourth-order valence-corrected chi connectivity index (χ4v) is 3.94. The Morgan fingerprint density at radius 1 is 1.39 bits per heavy atom. The van der Waals surface area contributed by atoms with Gasteiger partial charge in [-0.1, -0.05) is 0 Å². The lowest BCUT2D eigenvalue weighted by molar-refractivity contribution is -0.145. The molecular weight excluding hydrogens is 262 g/mol. The average Bonchev–Trinajstić information content (AvgIpc) is 2.63. The molecule has 1 fully saturated rings. The lowest BCUT2D eigenvalue weighted by atomic mass is 9.89. The minimum Gasteiger partial charge on any atom is -0.481 e. The second kappa shape index (κ2) is 6.14. The van der Waals surface area contributed by atoms with Gasteiger partial charge >= 0.3 is 5.97 Å². The number of aliphatic carboxylic acids is 1. The van der Waals surface area contributed by atoms with Gasteiger partial charge in [-0.15, -0.1) is 0 Å². The highest BCUT2D eigenvalue weighted by molar-refractivity contribution is 7.91. The first-order chi connectivity index (χ1) is 8.35. The molecule has 1 saturated heterocycles. The predicted octanol–water partition coefficient (Wildman–Crippen LogP) is -1.38. The summed E-state index contributed by atoms with van der Waals surface area (Å²) in [5.74, 6) is -3.32. The van der Waals surface area contributed by atoms with E-state index in [9.17, 15) is 18.0 Å². The predicted molar refractivity (Wildman–Crippen MR) is 62.6 cm³/mol. The zero-order valence-corrected chi connectivity index (χ0v) is 10.6. The Bertz CT molecular complexity index is 418. The number of carboxylic acids is 1. The lowest BCUT2D eigenvalue weighted by Gasteiger charge is -2.17. The van der Waals surface area contributed by atoms with Crippen molar-refractivity contribution in [2.75, 3.05) is 24.7 Å². The van der Waals surface area contributed by atoms with Crippen LogP contribution in [0.4, 0.5) is 0 Å². The molecule has 0 aromatic rings. The Labute approximate surface area is 105 Å². The summed E-state index contributed by atoms with van der Waals surface area (Å²) in [7, 11) is -3.16. The number of aliphatic hydroxyl groups excluding tert-OH is 1. The summed E-state index contributed by atoms with van der Waals surface area (Å²) in [6.45, 7) is -0.157. The summed E-state index contributed by atoms with van der Waals surface area (Å²) < 4.78 is 22.6. The van der Waals surface area contributed by atoms with Crippen LogP contribution in [0.3, 0.4) is 0 Å². The molecule has 1 rings (SSSR count). The van der Waals surface area contributed by atoms with E-state index >= 15 is 0 Å². The van der Waals surface area contributed by atoms with Crippen molar-refractivity contribution in [3.05, 3.63) is 0 Å². The molecule has 1 aliphatic rings. The van der Waals surface area contributed by atoms with Gasteiger partial charge in [0.25, 0.3) is 0 Å². The van der Waals surface area contributed by atoms with Crippen molar-refractivity contribution in [3.8, 4) is 0 Å². The van der Waals surface area contributed by atoms with E-state index in [0.717, 1.165) is 0 Å². The number of hydrogen-bond acceptors (Lipinski definition) is 5. The third-order valence-corrected chi connectivity index (χ3v) is 4.79. The van der Waals surface area contributed by atoms with Crippen molar-refractivity contribution < 1.29 is 28.2 Å². The first-order valence-corrected chi connectivity index (χ1v) is 7.48. The standard InChI is InChI=1S/C10H17NO6S/c12-3-2-11-9(13)5-8(10(14)15)7-1-4-18(16,17)6-7/h7-8,12H,1-6H2,(H,11,13)(H,14,15). The molecule has 0 saturated carbocycles. The maximum absolute atomic E-state index is 11.4. The molecule has 7 nitrogen and oxygen atoms in total. The van der Waals surface area contributed by atoms with Crippen LogP contribution < -0.4 is 5.32 Å². The number of aliphatic hydroxyl groups is 1. The Balaban J connectivity index is 2.61. The molecular formula is C10H17NO6S. The van der Waals surface area contributed by atoms with E-state index < -0.39 is 33.5 Å². The third kappa shape index (κ3) is 4.26. The van der Waals surface area contributed by atoms with Crippen LogP contribution in [-0.2, 0) is 19.4 Å². The quantitative estimate of drug-likeness (QED) is 0.551.